The maximum Gasteiger partial charge on any atom is 0.213 e. The van der Waals surface area contributed by atoms with Gasteiger partial charge in [-0.25, -0.2) is 13.1 Å². The van der Waals surface area contributed by atoms with Crippen molar-refractivity contribution < 1.29 is 13.2 Å². The van der Waals surface area contributed by atoms with Crippen LogP contribution in [0.3, 0.4) is 0 Å². The minimum Gasteiger partial charge on any atom is -0.375 e. The molecule has 1 fully saturated rings. The predicted molar refractivity (Wildman–Crippen MR) is 60.2 cm³/mol. The van der Waals surface area contributed by atoms with Crippen molar-refractivity contribution in [3.63, 3.8) is 0 Å². The molecule has 5 heteroatoms. The van der Waals surface area contributed by atoms with Crippen LogP contribution in [0.25, 0.3) is 0 Å². The second-order valence-electron chi connectivity index (χ2n) is 5.07. The molecule has 0 heterocycles. The Morgan fingerprint density at radius 1 is 1.33 bits per heavy atom. The molecule has 0 unspecified atom stereocenters. The lowest BCUT2D eigenvalue weighted by Crippen LogP contribution is -2.32. The van der Waals surface area contributed by atoms with Gasteiger partial charge in [0.25, 0.3) is 0 Å². The lowest BCUT2D eigenvalue weighted by Gasteiger charge is -2.19. The summed E-state index contributed by atoms with van der Waals surface area (Å²) in [4.78, 5) is 0. The number of rotatable bonds is 6. The van der Waals surface area contributed by atoms with Gasteiger partial charge in [-0.05, 0) is 39.5 Å². The zero-order chi connectivity index (χ0) is 11.5. The van der Waals surface area contributed by atoms with Crippen LogP contribution in [0.1, 0.15) is 33.6 Å². The van der Waals surface area contributed by atoms with Crippen LogP contribution < -0.4 is 4.72 Å². The van der Waals surface area contributed by atoms with Crippen molar-refractivity contribution in [2.24, 2.45) is 5.92 Å². The fourth-order valence-corrected chi connectivity index (χ4v) is 2.03. The molecule has 4 nitrogen and oxygen atoms in total. The van der Waals surface area contributed by atoms with Crippen molar-refractivity contribution in [3.05, 3.63) is 0 Å². The number of ether oxygens (including phenoxy) is 1. The van der Waals surface area contributed by atoms with E-state index in [0.717, 1.165) is 12.8 Å². The van der Waals surface area contributed by atoms with Gasteiger partial charge in [0.05, 0.1) is 18.0 Å². The van der Waals surface area contributed by atoms with E-state index in [1.807, 2.05) is 20.8 Å². The highest BCUT2D eigenvalue weighted by atomic mass is 32.2. The average molecular weight is 235 g/mol. The molecule has 1 rings (SSSR count). The minimum absolute atomic E-state index is 0.0526. The normalized spacial score (nSPS) is 18.1. The highest BCUT2D eigenvalue weighted by Gasteiger charge is 2.23. The molecule has 1 N–H and O–H groups in total. The number of nitrogens with one attached hydrogen (secondary N) is 1. The Morgan fingerprint density at radius 3 is 2.40 bits per heavy atom. The zero-order valence-corrected chi connectivity index (χ0v) is 10.6. The van der Waals surface area contributed by atoms with Crippen molar-refractivity contribution in [3.8, 4) is 0 Å². The Hall–Kier alpha value is -0.130. The quantitative estimate of drug-likeness (QED) is 0.751. The van der Waals surface area contributed by atoms with Gasteiger partial charge in [0.1, 0.15) is 0 Å². The molecule has 0 radical (unpaired) electrons. The molecule has 0 aromatic rings. The van der Waals surface area contributed by atoms with Crippen LogP contribution in [0.15, 0.2) is 0 Å². The van der Waals surface area contributed by atoms with Gasteiger partial charge >= 0.3 is 0 Å². The molecule has 1 aliphatic rings. The van der Waals surface area contributed by atoms with Crippen LogP contribution in [0, 0.1) is 5.92 Å². The van der Waals surface area contributed by atoms with Gasteiger partial charge in [-0.2, -0.15) is 0 Å². The van der Waals surface area contributed by atoms with Gasteiger partial charge < -0.3 is 4.74 Å². The van der Waals surface area contributed by atoms with Crippen molar-refractivity contribution in [1.82, 2.24) is 4.72 Å². The predicted octanol–water partition coefficient (Wildman–Crippen LogP) is 1.13. The first kappa shape index (κ1) is 12.9. The fraction of sp³-hybridized carbons (Fsp3) is 1.00. The maximum absolute atomic E-state index is 11.5. The lowest BCUT2D eigenvalue weighted by atomic mass is 10.2. The van der Waals surface area contributed by atoms with E-state index >= 15 is 0 Å². The van der Waals surface area contributed by atoms with Crippen LogP contribution in [-0.2, 0) is 14.8 Å². The van der Waals surface area contributed by atoms with Gasteiger partial charge in [0.15, 0.2) is 0 Å². The van der Waals surface area contributed by atoms with Crippen molar-refractivity contribution >= 4 is 10.0 Å². The first-order valence-electron chi connectivity index (χ1n) is 5.40. The highest BCUT2D eigenvalue weighted by Crippen LogP contribution is 2.27. The summed E-state index contributed by atoms with van der Waals surface area (Å²) in [7, 11) is -3.13. The van der Waals surface area contributed by atoms with E-state index in [9.17, 15) is 8.42 Å². The second-order valence-corrected chi connectivity index (χ2v) is 7.00. The third kappa shape index (κ3) is 6.87. The summed E-state index contributed by atoms with van der Waals surface area (Å²) in [5, 5.41) is 0. The first-order valence-corrected chi connectivity index (χ1v) is 7.05. The SMILES string of the molecule is CC(C)(C)OCCS(=O)(=O)NCC1CC1. The molecule has 0 aromatic carbocycles. The van der Waals surface area contributed by atoms with Gasteiger partial charge in [0.2, 0.25) is 10.0 Å². The number of sulfonamides is 1. The van der Waals surface area contributed by atoms with Crippen molar-refractivity contribution in [1.29, 1.82) is 0 Å². The fourth-order valence-electron chi connectivity index (χ4n) is 1.10. The molecule has 90 valence electrons. The van der Waals surface area contributed by atoms with E-state index in [0.29, 0.717) is 12.5 Å². The summed E-state index contributed by atoms with van der Waals surface area (Å²) in [6, 6.07) is 0. The van der Waals surface area contributed by atoms with Gasteiger partial charge in [0, 0.05) is 6.54 Å². The molecule has 0 aliphatic heterocycles. The molecular weight excluding hydrogens is 214 g/mol. The Bertz CT molecular complexity index is 288. The summed E-state index contributed by atoms with van der Waals surface area (Å²) < 4.78 is 30.9. The largest absolute Gasteiger partial charge is 0.375 e. The molecule has 1 aliphatic carbocycles. The van der Waals surface area contributed by atoms with Gasteiger partial charge in [-0.1, -0.05) is 0 Å². The zero-order valence-electron chi connectivity index (χ0n) is 9.75. The molecular formula is C10H21NO3S. The summed E-state index contributed by atoms with van der Waals surface area (Å²) in [6.45, 7) is 6.59. The molecule has 0 amide bonds. The number of hydrogen-bond acceptors (Lipinski definition) is 3. The van der Waals surface area contributed by atoms with Crippen LogP contribution in [0.4, 0.5) is 0 Å². The third-order valence-electron chi connectivity index (χ3n) is 2.18. The van der Waals surface area contributed by atoms with Crippen LogP contribution >= 0.6 is 0 Å². The van der Waals surface area contributed by atoms with E-state index in [4.69, 9.17) is 4.74 Å². The molecule has 15 heavy (non-hydrogen) atoms. The van der Waals surface area contributed by atoms with E-state index in [1.54, 1.807) is 0 Å². The van der Waals surface area contributed by atoms with Crippen molar-refractivity contribution in [2.45, 2.75) is 39.2 Å². The maximum atomic E-state index is 11.5. The van der Waals surface area contributed by atoms with Crippen LogP contribution in [0.2, 0.25) is 0 Å². The standard InChI is InChI=1S/C10H21NO3S/c1-10(2,3)14-6-7-15(12,13)11-8-9-4-5-9/h9,11H,4-8H2,1-3H3. The first-order chi connectivity index (χ1) is 6.79. The lowest BCUT2D eigenvalue weighted by molar-refractivity contribution is 0.00638. The van der Waals surface area contributed by atoms with Crippen LogP contribution in [-0.4, -0.2) is 32.9 Å². The smallest absolute Gasteiger partial charge is 0.213 e. The third-order valence-corrected chi connectivity index (χ3v) is 3.49. The summed E-state index contributed by atoms with van der Waals surface area (Å²) in [5.41, 5.74) is -0.272. The summed E-state index contributed by atoms with van der Waals surface area (Å²) in [6.07, 6.45) is 2.31. The molecule has 0 saturated heterocycles. The average Bonchev–Trinajstić information content (AvgIpc) is 2.80. The number of hydrogen-bond donors (Lipinski definition) is 1. The Labute approximate surface area is 92.4 Å². The Balaban J connectivity index is 2.17. The van der Waals surface area contributed by atoms with E-state index in [-0.39, 0.29) is 18.0 Å². The molecule has 0 bridgehead atoms. The molecule has 0 atom stereocenters. The van der Waals surface area contributed by atoms with E-state index in [1.165, 1.54) is 0 Å². The highest BCUT2D eigenvalue weighted by molar-refractivity contribution is 7.89. The molecule has 0 spiro atoms. The van der Waals surface area contributed by atoms with Crippen LogP contribution in [0.5, 0.6) is 0 Å². The van der Waals surface area contributed by atoms with Gasteiger partial charge in [-0.15, -0.1) is 0 Å². The summed E-state index contributed by atoms with van der Waals surface area (Å²) >= 11 is 0. The van der Waals surface area contributed by atoms with Gasteiger partial charge in [-0.3, -0.25) is 0 Å². The Morgan fingerprint density at radius 2 is 1.93 bits per heavy atom. The van der Waals surface area contributed by atoms with E-state index < -0.39 is 10.0 Å². The molecule has 0 aromatic heterocycles. The monoisotopic (exact) mass is 235 g/mol. The van der Waals surface area contributed by atoms with Crippen molar-refractivity contribution in [2.75, 3.05) is 18.9 Å². The second kappa shape index (κ2) is 4.80. The van der Waals surface area contributed by atoms with E-state index in [2.05, 4.69) is 4.72 Å². The Kier molecular flexibility index (Phi) is 4.14. The minimum atomic E-state index is -3.13. The molecule has 1 saturated carbocycles. The summed E-state index contributed by atoms with van der Waals surface area (Å²) in [5.74, 6) is 0.625. The topological polar surface area (TPSA) is 55.4 Å².